The predicted octanol–water partition coefficient (Wildman–Crippen LogP) is 5.32. The van der Waals surface area contributed by atoms with Crippen LogP contribution in [0, 0.1) is 0 Å². The molecule has 3 aromatic carbocycles. The number of nitrogens with one attached hydrogen (secondary N) is 2. The molecule has 2 N–H and O–H groups in total. The van der Waals surface area contributed by atoms with Crippen molar-refractivity contribution in [1.82, 2.24) is 4.98 Å². The average Bonchev–Trinajstić information content (AvgIpc) is 2.69. The molecule has 0 amide bonds. The molecule has 0 saturated heterocycles. The number of aromatic nitrogens is 1. The van der Waals surface area contributed by atoms with Gasteiger partial charge in [-0.05, 0) is 43.3 Å². The summed E-state index contributed by atoms with van der Waals surface area (Å²) >= 11 is 0. The van der Waals surface area contributed by atoms with Gasteiger partial charge in [-0.2, -0.15) is 0 Å². The molecule has 0 bridgehead atoms. The SMILES string of the molecule is CCS(=O)(=O)Nc1ccc(Nc2c3ccccc3nc3ccccc23)cc1.Cl. The Morgan fingerprint density at radius 1 is 0.786 bits per heavy atom. The predicted molar refractivity (Wildman–Crippen MR) is 119 cm³/mol. The number of para-hydroxylation sites is 2. The van der Waals surface area contributed by atoms with Crippen molar-refractivity contribution in [2.75, 3.05) is 15.8 Å². The number of fused-ring (bicyclic) bond motifs is 2. The highest BCUT2D eigenvalue weighted by Gasteiger charge is 2.10. The summed E-state index contributed by atoms with van der Waals surface area (Å²) in [7, 11) is -3.28. The Hall–Kier alpha value is -2.83. The summed E-state index contributed by atoms with van der Waals surface area (Å²) in [4.78, 5) is 4.73. The number of benzene rings is 3. The van der Waals surface area contributed by atoms with Crippen molar-refractivity contribution >= 4 is 61.3 Å². The minimum Gasteiger partial charge on any atom is -0.354 e. The van der Waals surface area contributed by atoms with Gasteiger partial charge in [0.25, 0.3) is 0 Å². The lowest BCUT2D eigenvalue weighted by Crippen LogP contribution is -2.14. The van der Waals surface area contributed by atoms with Gasteiger partial charge in [0.2, 0.25) is 10.0 Å². The fraction of sp³-hybridized carbons (Fsp3) is 0.0952. The van der Waals surface area contributed by atoms with Gasteiger partial charge >= 0.3 is 0 Å². The highest BCUT2D eigenvalue weighted by Crippen LogP contribution is 2.33. The number of hydrogen-bond acceptors (Lipinski definition) is 4. The highest BCUT2D eigenvalue weighted by molar-refractivity contribution is 7.92. The highest BCUT2D eigenvalue weighted by atomic mass is 35.5. The molecule has 7 heteroatoms. The molecule has 0 aliphatic heterocycles. The molecule has 1 aromatic heterocycles. The number of anilines is 3. The zero-order valence-corrected chi connectivity index (χ0v) is 16.8. The summed E-state index contributed by atoms with van der Waals surface area (Å²) < 4.78 is 26.0. The molecule has 0 spiro atoms. The molecule has 0 aliphatic rings. The normalized spacial score (nSPS) is 11.2. The number of pyridine rings is 1. The van der Waals surface area contributed by atoms with Crippen LogP contribution in [0.25, 0.3) is 21.8 Å². The fourth-order valence-electron chi connectivity index (χ4n) is 2.99. The molecule has 1 heterocycles. The molecule has 0 atom stereocenters. The molecule has 0 aliphatic carbocycles. The second-order valence-electron chi connectivity index (χ2n) is 6.23. The van der Waals surface area contributed by atoms with Crippen LogP contribution in [0.3, 0.4) is 0 Å². The number of nitrogens with zero attached hydrogens (tertiary/aromatic N) is 1. The first-order valence-electron chi connectivity index (χ1n) is 8.71. The van der Waals surface area contributed by atoms with Gasteiger partial charge in [0, 0.05) is 22.1 Å². The lowest BCUT2D eigenvalue weighted by molar-refractivity contribution is 0.602. The van der Waals surface area contributed by atoms with Gasteiger partial charge in [0.05, 0.1) is 22.5 Å². The molecular weight excluding hydrogens is 394 g/mol. The molecule has 28 heavy (non-hydrogen) atoms. The van der Waals surface area contributed by atoms with E-state index in [4.69, 9.17) is 4.98 Å². The van der Waals surface area contributed by atoms with Crippen LogP contribution >= 0.6 is 12.4 Å². The van der Waals surface area contributed by atoms with E-state index in [1.165, 1.54) is 0 Å². The minimum absolute atomic E-state index is 0. The third-order valence-corrected chi connectivity index (χ3v) is 5.70. The molecule has 0 radical (unpaired) electrons. The maximum absolute atomic E-state index is 11.7. The van der Waals surface area contributed by atoms with E-state index in [-0.39, 0.29) is 18.2 Å². The molecule has 5 nitrogen and oxygen atoms in total. The number of halogens is 1. The third-order valence-electron chi connectivity index (χ3n) is 4.40. The second kappa shape index (κ2) is 8.04. The lowest BCUT2D eigenvalue weighted by atomic mass is 10.1. The van der Waals surface area contributed by atoms with Crippen LogP contribution in [0.2, 0.25) is 0 Å². The second-order valence-corrected chi connectivity index (χ2v) is 8.24. The summed E-state index contributed by atoms with van der Waals surface area (Å²) in [6.45, 7) is 1.61. The molecule has 0 saturated carbocycles. The Balaban J connectivity index is 0.00000225. The van der Waals surface area contributed by atoms with E-state index in [0.29, 0.717) is 5.69 Å². The van der Waals surface area contributed by atoms with Crippen molar-refractivity contribution in [2.45, 2.75) is 6.92 Å². The van der Waals surface area contributed by atoms with Gasteiger partial charge in [-0.25, -0.2) is 13.4 Å². The minimum atomic E-state index is -3.28. The van der Waals surface area contributed by atoms with Gasteiger partial charge in [-0.3, -0.25) is 4.72 Å². The number of hydrogen-bond donors (Lipinski definition) is 2. The number of sulfonamides is 1. The maximum atomic E-state index is 11.7. The van der Waals surface area contributed by atoms with Gasteiger partial charge in [0.1, 0.15) is 0 Å². The Morgan fingerprint density at radius 3 is 1.82 bits per heavy atom. The van der Waals surface area contributed by atoms with Crippen molar-refractivity contribution in [3.05, 3.63) is 72.8 Å². The summed E-state index contributed by atoms with van der Waals surface area (Å²) in [6.07, 6.45) is 0. The Morgan fingerprint density at radius 2 is 1.29 bits per heavy atom. The molecule has 0 fully saturated rings. The Kier molecular flexibility index (Phi) is 5.72. The van der Waals surface area contributed by atoms with Crippen molar-refractivity contribution < 1.29 is 8.42 Å². The average molecular weight is 414 g/mol. The maximum Gasteiger partial charge on any atom is 0.232 e. The molecule has 144 valence electrons. The van der Waals surface area contributed by atoms with Gasteiger partial charge in [-0.15, -0.1) is 12.4 Å². The van der Waals surface area contributed by atoms with Gasteiger partial charge < -0.3 is 5.32 Å². The smallest absolute Gasteiger partial charge is 0.232 e. The third kappa shape index (κ3) is 4.03. The Bertz CT molecular complexity index is 1170. The van der Waals surface area contributed by atoms with E-state index in [2.05, 4.69) is 10.0 Å². The molecule has 4 rings (SSSR count). The van der Waals surface area contributed by atoms with Crippen LogP contribution in [0.5, 0.6) is 0 Å². The fourth-order valence-corrected chi connectivity index (χ4v) is 3.63. The van der Waals surface area contributed by atoms with Gasteiger partial charge in [0.15, 0.2) is 0 Å². The largest absolute Gasteiger partial charge is 0.354 e. The first-order chi connectivity index (χ1) is 13.1. The number of rotatable bonds is 5. The quantitative estimate of drug-likeness (QED) is 0.434. The first-order valence-corrected chi connectivity index (χ1v) is 10.4. The van der Waals surface area contributed by atoms with Crippen LogP contribution in [0.4, 0.5) is 17.1 Å². The van der Waals surface area contributed by atoms with Crippen LogP contribution in [0.15, 0.2) is 72.8 Å². The van der Waals surface area contributed by atoms with Crippen molar-refractivity contribution in [3.8, 4) is 0 Å². The molecular formula is C21H20ClN3O2S. The van der Waals surface area contributed by atoms with Crippen LogP contribution in [-0.2, 0) is 10.0 Å². The van der Waals surface area contributed by atoms with E-state index in [1.807, 2.05) is 60.7 Å². The monoisotopic (exact) mass is 413 g/mol. The van der Waals surface area contributed by atoms with E-state index in [1.54, 1.807) is 19.1 Å². The van der Waals surface area contributed by atoms with Crippen molar-refractivity contribution in [2.24, 2.45) is 0 Å². The summed E-state index contributed by atoms with van der Waals surface area (Å²) in [5.74, 6) is 0.0436. The van der Waals surface area contributed by atoms with Crippen LogP contribution in [0.1, 0.15) is 6.92 Å². The van der Waals surface area contributed by atoms with E-state index in [9.17, 15) is 8.42 Å². The Labute approximate surface area is 170 Å². The van der Waals surface area contributed by atoms with E-state index < -0.39 is 10.0 Å². The standard InChI is InChI=1S/C21H19N3O2S.ClH/c1-2-27(25,26)24-16-13-11-15(12-14-16)22-21-17-7-3-5-9-19(17)23-20-10-6-4-8-18(20)21;/h3-14,24H,2H2,1H3,(H,22,23);1H. The topological polar surface area (TPSA) is 71.1 Å². The first kappa shape index (κ1) is 19.9. The molecule has 4 aromatic rings. The zero-order chi connectivity index (χ0) is 18.9. The van der Waals surface area contributed by atoms with Gasteiger partial charge in [-0.1, -0.05) is 36.4 Å². The lowest BCUT2D eigenvalue weighted by Gasteiger charge is -2.14. The van der Waals surface area contributed by atoms with Crippen LogP contribution in [-0.4, -0.2) is 19.2 Å². The van der Waals surface area contributed by atoms with E-state index in [0.717, 1.165) is 33.2 Å². The zero-order valence-electron chi connectivity index (χ0n) is 15.2. The van der Waals surface area contributed by atoms with Crippen molar-refractivity contribution in [3.63, 3.8) is 0 Å². The molecule has 0 unspecified atom stereocenters. The summed E-state index contributed by atoms with van der Waals surface area (Å²) in [5.41, 5.74) is 4.25. The summed E-state index contributed by atoms with van der Waals surface area (Å²) in [5, 5.41) is 5.55. The van der Waals surface area contributed by atoms with Crippen molar-refractivity contribution in [1.29, 1.82) is 0 Å². The van der Waals surface area contributed by atoms with E-state index >= 15 is 0 Å². The summed E-state index contributed by atoms with van der Waals surface area (Å²) in [6, 6.07) is 23.2. The van der Waals surface area contributed by atoms with Crippen LogP contribution < -0.4 is 10.0 Å².